The number of allylic oxidation sites excluding steroid dienone is 9. The number of hydrogen-bond acceptors (Lipinski definition) is 1. The molecule has 0 amide bonds. The first-order valence-electron chi connectivity index (χ1n) is 4.22. The van der Waals surface area contributed by atoms with Crippen molar-refractivity contribution in [1.82, 2.24) is 0 Å². The zero-order valence-corrected chi connectivity index (χ0v) is 8.18. The lowest BCUT2D eigenvalue weighted by molar-refractivity contribution is 0.338. The SMILES string of the molecule is CC=CC=CC=CC=CC=COC. The minimum absolute atomic E-state index is 1.62. The van der Waals surface area contributed by atoms with Gasteiger partial charge in [-0.1, -0.05) is 48.6 Å². The fourth-order valence-electron chi connectivity index (χ4n) is 0.620. The van der Waals surface area contributed by atoms with Gasteiger partial charge in [-0.3, -0.25) is 0 Å². The third-order valence-corrected chi connectivity index (χ3v) is 1.18. The highest BCUT2D eigenvalue weighted by Gasteiger charge is 1.62. The minimum Gasteiger partial charge on any atom is -0.504 e. The highest BCUT2D eigenvalue weighted by molar-refractivity contribution is 5.17. The second kappa shape index (κ2) is 10.5. The number of methoxy groups -OCH3 is 1. The summed E-state index contributed by atoms with van der Waals surface area (Å²) in [6.45, 7) is 1.99. The molecule has 0 atom stereocenters. The average Bonchev–Trinajstić information content (AvgIpc) is 2.16. The van der Waals surface area contributed by atoms with Crippen LogP contribution in [-0.2, 0) is 4.74 Å². The maximum absolute atomic E-state index is 4.72. The molecule has 70 valence electrons. The topological polar surface area (TPSA) is 9.23 Å². The molecule has 0 aliphatic heterocycles. The van der Waals surface area contributed by atoms with Crippen molar-refractivity contribution in [1.29, 1.82) is 0 Å². The molecule has 1 heteroatoms. The fourth-order valence-corrected chi connectivity index (χ4v) is 0.620. The van der Waals surface area contributed by atoms with E-state index in [1.165, 1.54) is 0 Å². The van der Waals surface area contributed by atoms with Crippen molar-refractivity contribution in [2.75, 3.05) is 7.11 Å². The molecule has 0 unspecified atom stereocenters. The summed E-state index contributed by atoms with van der Waals surface area (Å²) in [6, 6.07) is 0. The molecule has 0 saturated heterocycles. The van der Waals surface area contributed by atoms with Crippen molar-refractivity contribution in [2.24, 2.45) is 0 Å². The van der Waals surface area contributed by atoms with Crippen LogP contribution in [0.1, 0.15) is 6.92 Å². The molecular weight excluding hydrogens is 160 g/mol. The van der Waals surface area contributed by atoms with Gasteiger partial charge in [-0.15, -0.1) is 0 Å². The lowest BCUT2D eigenvalue weighted by Gasteiger charge is -1.79. The summed E-state index contributed by atoms with van der Waals surface area (Å²) in [5, 5.41) is 0. The Morgan fingerprint density at radius 2 is 1.15 bits per heavy atom. The third-order valence-electron chi connectivity index (χ3n) is 1.18. The highest BCUT2D eigenvalue weighted by atomic mass is 16.5. The minimum atomic E-state index is 1.62. The first-order chi connectivity index (χ1) is 6.41. The third kappa shape index (κ3) is 10.5. The smallest absolute Gasteiger partial charge is 0.0824 e. The highest BCUT2D eigenvalue weighted by Crippen LogP contribution is 1.83. The zero-order valence-electron chi connectivity index (χ0n) is 8.18. The second-order valence-electron chi connectivity index (χ2n) is 2.24. The maximum atomic E-state index is 4.72. The summed E-state index contributed by atoms with van der Waals surface area (Å²) in [5.74, 6) is 0. The van der Waals surface area contributed by atoms with E-state index in [9.17, 15) is 0 Å². The van der Waals surface area contributed by atoms with Crippen LogP contribution in [-0.4, -0.2) is 7.11 Å². The van der Waals surface area contributed by atoms with Gasteiger partial charge in [0.05, 0.1) is 13.4 Å². The molecule has 1 nitrogen and oxygen atoms in total. The van der Waals surface area contributed by atoms with Gasteiger partial charge in [-0.25, -0.2) is 0 Å². The van der Waals surface area contributed by atoms with Gasteiger partial charge in [0.15, 0.2) is 0 Å². The maximum Gasteiger partial charge on any atom is 0.0824 e. The predicted octanol–water partition coefficient (Wildman–Crippen LogP) is 3.39. The summed E-state index contributed by atoms with van der Waals surface area (Å²) in [5.41, 5.74) is 0. The van der Waals surface area contributed by atoms with Crippen LogP contribution in [0.3, 0.4) is 0 Å². The Morgan fingerprint density at radius 3 is 1.62 bits per heavy atom. The number of hydrogen-bond donors (Lipinski definition) is 0. The molecule has 0 aliphatic carbocycles. The van der Waals surface area contributed by atoms with Crippen LogP contribution in [0, 0.1) is 0 Å². The van der Waals surface area contributed by atoms with Crippen LogP contribution >= 0.6 is 0 Å². The van der Waals surface area contributed by atoms with Gasteiger partial charge in [-0.2, -0.15) is 0 Å². The molecule has 0 aromatic heterocycles. The first-order valence-corrected chi connectivity index (χ1v) is 4.22. The number of rotatable bonds is 5. The standard InChI is InChI=1S/C12H16O/c1-3-4-5-6-7-8-9-10-11-12-13-2/h3-12H,1-2H3. The summed E-state index contributed by atoms with van der Waals surface area (Å²) < 4.78 is 4.72. The lowest BCUT2D eigenvalue weighted by atomic mass is 10.4. The van der Waals surface area contributed by atoms with E-state index in [0.717, 1.165) is 0 Å². The van der Waals surface area contributed by atoms with Crippen LogP contribution in [0.25, 0.3) is 0 Å². The van der Waals surface area contributed by atoms with E-state index in [0.29, 0.717) is 0 Å². The van der Waals surface area contributed by atoms with E-state index in [4.69, 9.17) is 4.74 Å². The Balaban J connectivity index is 3.62. The van der Waals surface area contributed by atoms with Crippen molar-refractivity contribution in [3.63, 3.8) is 0 Å². The van der Waals surface area contributed by atoms with Gasteiger partial charge in [0.1, 0.15) is 0 Å². The van der Waals surface area contributed by atoms with Crippen molar-refractivity contribution >= 4 is 0 Å². The first kappa shape index (κ1) is 11.5. The van der Waals surface area contributed by atoms with Gasteiger partial charge in [0, 0.05) is 0 Å². The van der Waals surface area contributed by atoms with Gasteiger partial charge in [0.2, 0.25) is 0 Å². The summed E-state index contributed by atoms with van der Waals surface area (Å²) >= 11 is 0. The molecule has 13 heavy (non-hydrogen) atoms. The Kier molecular flexibility index (Phi) is 9.29. The zero-order chi connectivity index (χ0) is 9.78. The molecule has 0 aromatic rings. The Bertz CT molecular complexity index is 230. The van der Waals surface area contributed by atoms with Gasteiger partial charge in [0.25, 0.3) is 0 Å². The fraction of sp³-hybridized carbons (Fsp3) is 0.167. The number of ether oxygens (including phenoxy) is 1. The predicted molar refractivity (Wildman–Crippen MR) is 58.4 cm³/mol. The van der Waals surface area contributed by atoms with Crippen molar-refractivity contribution in [2.45, 2.75) is 6.92 Å². The monoisotopic (exact) mass is 176 g/mol. The molecule has 0 N–H and O–H groups in total. The quantitative estimate of drug-likeness (QED) is 0.461. The van der Waals surface area contributed by atoms with E-state index < -0.39 is 0 Å². The van der Waals surface area contributed by atoms with Crippen LogP contribution < -0.4 is 0 Å². The average molecular weight is 176 g/mol. The van der Waals surface area contributed by atoms with Crippen LogP contribution in [0.15, 0.2) is 60.9 Å². The van der Waals surface area contributed by atoms with Crippen molar-refractivity contribution < 1.29 is 4.74 Å². The molecule has 0 aliphatic rings. The van der Waals surface area contributed by atoms with Gasteiger partial charge >= 0.3 is 0 Å². The van der Waals surface area contributed by atoms with E-state index in [1.54, 1.807) is 13.4 Å². The second-order valence-corrected chi connectivity index (χ2v) is 2.24. The van der Waals surface area contributed by atoms with Crippen LogP contribution in [0.5, 0.6) is 0 Å². The largest absolute Gasteiger partial charge is 0.504 e. The van der Waals surface area contributed by atoms with Gasteiger partial charge in [-0.05, 0) is 13.0 Å². The van der Waals surface area contributed by atoms with Crippen LogP contribution in [0.4, 0.5) is 0 Å². The molecule has 0 fully saturated rings. The molecule has 0 heterocycles. The van der Waals surface area contributed by atoms with E-state index >= 15 is 0 Å². The van der Waals surface area contributed by atoms with Crippen molar-refractivity contribution in [3.8, 4) is 0 Å². The molecular formula is C12H16O. The van der Waals surface area contributed by atoms with Crippen LogP contribution in [0.2, 0.25) is 0 Å². The summed E-state index contributed by atoms with van der Waals surface area (Å²) in [4.78, 5) is 0. The summed E-state index contributed by atoms with van der Waals surface area (Å²) in [6.07, 6.45) is 19.2. The molecule has 0 radical (unpaired) electrons. The molecule has 0 spiro atoms. The molecule has 0 bridgehead atoms. The van der Waals surface area contributed by atoms with Gasteiger partial charge < -0.3 is 4.74 Å². The van der Waals surface area contributed by atoms with Crippen molar-refractivity contribution in [3.05, 3.63) is 60.9 Å². The molecule has 0 rings (SSSR count). The molecule has 0 saturated carbocycles. The van der Waals surface area contributed by atoms with E-state index in [-0.39, 0.29) is 0 Å². The van der Waals surface area contributed by atoms with E-state index in [1.807, 2.05) is 61.6 Å². The normalized spacial score (nSPS) is 13.4. The Labute approximate surface area is 80.4 Å². The van der Waals surface area contributed by atoms with E-state index in [2.05, 4.69) is 0 Å². The Hall–Kier alpha value is -1.50. The Morgan fingerprint density at radius 1 is 0.692 bits per heavy atom. The lowest BCUT2D eigenvalue weighted by Crippen LogP contribution is -1.60. The summed E-state index contributed by atoms with van der Waals surface area (Å²) in [7, 11) is 1.62. The molecule has 0 aromatic carbocycles.